The maximum atomic E-state index is 12.4. The maximum absolute atomic E-state index is 12.4. The van der Waals surface area contributed by atoms with E-state index in [0.29, 0.717) is 18.7 Å². The van der Waals surface area contributed by atoms with Gasteiger partial charge in [-0.25, -0.2) is 4.79 Å². The largest absolute Gasteiger partial charge is 0.480 e. The van der Waals surface area contributed by atoms with Crippen LogP contribution in [0.5, 0.6) is 0 Å². The Kier molecular flexibility index (Phi) is 3.37. The molecule has 1 N–H and O–H groups in total. The van der Waals surface area contributed by atoms with Crippen LogP contribution in [0.4, 0.5) is 0 Å². The molecule has 6 heteroatoms. The Hall–Kier alpha value is -2.37. The Balaban J connectivity index is 1.85. The van der Waals surface area contributed by atoms with Crippen LogP contribution >= 0.6 is 0 Å². The number of carboxylic acids is 1. The van der Waals surface area contributed by atoms with E-state index in [0.717, 1.165) is 17.3 Å². The Bertz CT molecular complexity index is 707. The number of carbonyl (C=O) groups excluding carboxylic acids is 1. The number of likely N-dealkylation sites (tertiary alicyclic amines) is 1. The molecule has 0 saturated carbocycles. The molecular formula is C15H17N3O3. The average molecular weight is 287 g/mol. The SMILES string of the molecule is Cn1nc(CC(=O)N2CCC[C@H]2C(=O)O)c2ccccc21. The second kappa shape index (κ2) is 5.20. The van der Waals surface area contributed by atoms with Gasteiger partial charge >= 0.3 is 5.97 Å². The lowest BCUT2D eigenvalue weighted by molar-refractivity contribution is -0.148. The van der Waals surface area contributed by atoms with E-state index in [1.807, 2.05) is 31.3 Å². The molecule has 1 amide bonds. The number of rotatable bonds is 3. The number of amides is 1. The predicted molar refractivity (Wildman–Crippen MR) is 76.8 cm³/mol. The number of carboxylic acid groups (broad SMARTS) is 1. The van der Waals surface area contributed by atoms with Gasteiger partial charge in [0.2, 0.25) is 5.91 Å². The summed E-state index contributed by atoms with van der Waals surface area (Å²) in [6.07, 6.45) is 1.42. The van der Waals surface area contributed by atoms with Gasteiger partial charge in [0.05, 0.1) is 17.6 Å². The molecule has 1 saturated heterocycles. The number of aryl methyl sites for hydroxylation is 1. The number of carbonyl (C=O) groups is 2. The highest BCUT2D eigenvalue weighted by molar-refractivity contribution is 5.90. The summed E-state index contributed by atoms with van der Waals surface area (Å²) in [5.74, 6) is -1.09. The quantitative estimate of drug-likeness (QED) is 0.920. The maximum Gasteiger partial charge on any atom is 0.326 e. The third kappa shape index (κ3) is 2.37. The molecule has 6 nitrogen and oxygen atoms in total. The lowest BCUT2D eigenvalue weighted by atomic mass is 10.1. The topological polar surface area (TPSA) is 75.4 Å². The molecule has 1 aliphatic rings. The van der Waals surface area contributed by atoms with E-state index in [9.17, 15) is 9.59 Å². The molecule has 1 aromatic carbocycles. The van der Waals surface area contributed by atoms with E-state index in [-0.39, 0.29) is 12.3 Å². The molecule has 2 heterocycles. The van der Waals surface area contributed by atoms with Gasteiger partial charge in [0.1, 0.15) is 6.04 Å². The first-order chi connectivity index (χ1) is 10.1. The smallest absolute Gasteiger partial charge is 0.326 e. The van der Waals surface area contributed by atoms with Crippen LogP contribution in [-0.2, 0) is 23.1 Å². The summed E-state index contributed by atoms with van der Waals surface area (Å²) in [4.78, 5) is 25.0. The van der Waals surface area contributed by atoms with Crippen LogP contribution in [0.25, 0.3) is 10.9 Å². The van der Waals surface area contributed by atoms with Crippen molar-refractivity contribution in [1.82, 2.24) is 14.7 Å². The van der Waals surface area contributed by atoms with Crippen molar-refractivity contribution in [3.05, 3.63) is 30.0 Å². The molecular weight excluding hydrogens is 270 g/mol. The number of benzene rings is 1. The van der Waals surface area contributed by atoms with Gasteiger partial charge in [0.15, 0.2) is 0 Å². The molecule has 1 aliphatic heterocycles. The molecule has 3 rings (SSSR count). The highest BCUT2D eigenvalue weighted by Crippen LogP contribution is 2.22. The first kappa shape index (κ1) is 13.6. The van der Waals surface area contributed by atoms with Crippen molar-refractivity contribution in [3.8, 4) is 0 Å². The molecule has 1 atom stereocenters. The van der Waals surface area contributed by atoms with Gasteiger partial charge in [-0.15, -0.1) is 0 Å². The van der Waals surface area contributed by atoms with Crippen LogP contribution in [-0.4, -0.2) is 44.3 Å². The summed E-state index contributed by atoms with van der Waals surface area (Å²) >= 11 is 0. The Labute approximate surface area is 122 Å². The van der Waals surface area contributed by atoms with Crippen LogP contribution in [0.2, 0.25) is 0 Å². The molecule has 0 aliphatic carbocycles. The van der Waals surface area contributed by atoms with Crippen molar-refractivity contribution >= 4 is 22.8 Å². The molecule has 21 heavy (non-hydrogen) atoms. The predicted octanol–water partition coefficient (Wildman–Crippen LogP) is 1.19. The number of hydrogen-bond donors (Lipinski definition) is 1. The summed E-state index contributed by atoms with van der Waals surface area (Å²) in [6.45, 7) is 0.514. The van der Waals surface area contributed by atoms with Crippen molar-refractivity contribution in [3.63, 3.8) is 0 Å². The highest BCUT2D eigenvalue weighted by Gasteiger charge is 2.34. The van der Waals surface area contributed by atoms with Gasteiger partial charge in [-0.1, -0.05) is 18.2 Å². The lowest BCUT2D eigenvalue weighted by Crippen LogP contribution is -2.41. The van der Waals surface area contributed by atoms with Gasteiger partial charge < -0.3 is 10.0 Å². The van der Waals surface area contributed by atoms with Crippen molar-refractivity contribution in [2.75, 3.05) is 6.54 Å². The van der Waals surface area contributed by atoms with Gasteiger partial charge in [-0.3, -0.25) is 9.48 Å². The monoisotopic (exact) mass is 287 g/mol. The minimum Gasteiger partial charge on any atom is -0.480 e. The number of para-hydroxylation sites is 1. The standard InChI is InChI=1S/C15H17N3O3/c1-17-12-6-3-2-5-10(12)11(16-17)9-14(19)18-8-4-7-13(18)15(20)21/h2-3,5-6,13H,4,7-9H2,1H3,(H,20,21)/t13-/m0/s1. The summed E-state index contributed by atoms with van der Waals surface area (Å²) in [7, 11) is 1.84. The summed E-state index contributed by atoms with van der Waals surface area (Å²) < 4.78 is 1.75. The minimum absolute atomic E-state index is 0.144. The van der Waals surface area contributed by atoms with Gasteiger partial charge in [0.25, 0.3) is 0 Å². The fraction of sp³-hybridized carbons (Fsp3) is 0.400. The van der Waals surface area contributed by atoms with Gasteiger partial charge in [-0.2, -0.15) is 5.10 Å². The normalized spacial score (nSPS) is 18.3. The fourth-order valence-electron chi connectivity index (χ4n) is 2.99. The molecule has 0 radical (unpaired) electrons. The minimum atomic E-state index is -0.924. The van der Waals surface area contributed by atoms with Gasteiger partial charge in [0, 0.05) is 19.0 Å². The third-order valence-electron chi connectivity index (χ3n) is 4.01. The number of aromatic nitrogens is 2. The third-order valence-corrected chi connectivity index (χ3v) is 4.01. The summed E-state index contributed by atoms with van der Waals surface area (Å²) in [5.41, 5.74) is 1.67. The van der Waals surface area contributed by atoms with Crippen LogP contribution in [0.15, 0.2) is 24.3 Å². The summed E-state index contributed by atoms with van der Waals surface area (Å²) in [5, 5.41) is 14.5. The average Bonchev–Trinajstić information content (AvgIpc) is 3.06. The number of hydrogen-bond acceptors (Lipinski definition) is 3. The van der Waals surface area contributed by atoms with Crippen LogP contribution in [0, 0.1) is 0 Å². The first-order valence-electron chi connectivity index (χ1n) is 7.01. The van der Waals surface area contributed by atoms with Crippen LogP contribution in [0.1, 0.15) is 18.5 Å². The Morgan fingerprint density at radius 3 is 2.90 bits per heavy atom. The zero-order chi connectivity index (χ0) is 15.0. The Morgan fingerprint density at radius 2 is 2.14 bits per heavy atom. The van der Waals surface area contributed by atoms with E-state index in [4.69, 9.17) is 5.11 Å². The second-order valence-corrected chi connectivity index (χ2v) is 5.35. The zero-order valence-corrected chi connectivity index (χ0v) is 11.8. The van der Waals surface area contributed by atoms with Crippen molar-refractivity contribution in [2.24, 2.45) is 7.05 Å². The number of nitrogens with zero attached hydrogens (tertiary/aromatic N) is 3. The molecule has 1 fully saturated rings. The first-order valence-corrected chi connectivity index (χ1v) is 7.01. The fourth-order valence-corrected chi connectivity index (χ4v) is 2.99. The van der Waals surface area contributed by atoms with E-state index < -0.39 is 12.0 Å². The number of fused-ring (bicyclic) bond motifs is 1. The summed E-state index contributed by atoms with van der Waals surface area (Å²) in [6, 6.07) is 7.03. The Morgan fingerprint density at radius 1 is 1.38 bits per heavy atom. The van der Waals surface area contributed by atoms with Crippen molar-refractivity contribution in [1.29, 1.82) is 0 Å². The molecule has 0 bridgehead atoms. The van der Waals surface area contributed by atoms with Crippen LogP contribution in [0.3, 0.4) is 0 Å². The van der Waals surface area contributed by atoms with Gasteiger partial charge in [-0.05, 0) is 18.9 Å². The zero-order valence-electron chi connectivity index (χ0n) is 11.8. The van der Waals surface area contributed by atoms with E-state index in [1.54, 1.807) is 4.68 Å². The molecule has 1 aromatic heterocycles. The second-order valence-electron chi connectivity index (χ2n) is 5.35. The van der Waals surface area contributed by atoms with E-state index in [1.165, 1.54) is 4.90 Å². The lowest BCUT2D eigenvalue weighted by Gasteiger charge is -2.20. The van der Waals surface area contributed by atoms with Crippen LogP contribution < -0.4 is 0 Å². The molecule has 0 unspecified atom stereocenters. The number of aliphatic carboxylic acids is 1. The van der Waals surface area contributed by atoms with E-state index in [2.05, 4.69) is 5.10 Å². The molecule has 2 aromatic rings. The van der Waals surface area contributed by atoms with E-state index >= 15 is 0 Å². The highest BCUT2D eigenvalue weighted by atomic mass is 16.4. The van der Waals surface area contributed by atoms with Crippen molar-refractivity contribution < 1.29 is 14.7 Å². The molecule has 110 valence electrons. The molecule has 0 spiro atoms. The van der Waals surface area contributed by atoms with Crippen molar-refractivity contribution in [2.45, 2.75) is 25.3 Å².